The number of hydrogen-bond acceptors (Lipinski definition) is 3. The van der Waals surface area contributed by atoms with Crippen LogP contribution < -0.4 is 4.90 Å². The van der Waals surface area contributed by atoms with E-state index >= 15 is 0 Å². The minimum absolute atomic E-state index is 0.389. The number of rotatable bonds is 1. The summed E-state index contributed by atoms with van der Waals surface area (Å²) < 4.78 is 0. The topological polar surface area (TPSA) is 6.48 Å². The Labute approximate surface area is 141 Å². The third-order valence-corrected chi connectivity index (χ3v) is 6.25. The molecule has 116 valence electrons. The molecule has 2 nitrogen and oxygen atoms in total. The number of thioether (sulfide) groups is 1. The molecule has 0 N–H and O–H groups in total. The molecule has 0 spiro atoms. The van der Waals surface area contributed by atoms with Gasteiger partial charge in [-0.25, -0.2) is 0 Å². The van der Waals surface area contributed by atoms with Crippen LogP contribution in [0.15, 0.2) is 48.5 Å². The van der Waals surface area contributed by atoms with Gasteiger partial charge in [-0.15, -0.1) is 0 Å². The lowest BCUT2D eigenvalue weighted by atomic mass is 9.97. The zero-order valence-corrected chi connectivity index (χ0v) is 14.1. The summed E-state index contributed by atoms with van der Waals surface area (Å²) in [5.74, 6) is 2.49. The second-order valence-electron chi connectivity index (χ2n) is 6.52. The van der Waals surface area contributed by atoms with E-state index in [0.29, 0.717) is 6.17 Å². The fourth-order valence-electron chi connectivity index (χ4n) is 4.28. The molecule has 5 rings (SSSR count). The summed E-state index contributed by atoms with van der Waals surface area (Å²) in [5, 5.41) is 5.59. The standard InChI is InChI=1S/C20H20N2S/c1-21-18-8-4-7-16-15-6-3-2-5-14(15)13-17(19(16)18)20(21)22-9-11-23-12-10-22/h2-8,13,20H,9-12H2,1H3. The smallest absolute Gasteiger partial charge is 0.109 e. The first kappa shape index (κ1) is 13.7. The molecule has 3 aromatic rings. The molecule has 0 radical (unpaired) electrons. The van der Waals surface area contributed by atoms with Crippen molar-refractivity contribution in [1.82, 2.24) is 4.90 Å². The van der Waals surface area contributed by atoms with Crippen molar-refractivity contribution < 1.29 is 0 Å². The first-order valence-corrected chi connectivity index (χ1v) is 9.49. The van der Waals surface area contributed by atoms with Gasteiger partial charge in [-0.05, 0) is 33.9 Å². The Morgan fingerprint density at radius 2 is 1.74 bits per heavy atom. The van der Waals surface area contributed by atoms with Gasteiger partial charge in [0.05, 0.1) is 0 Å². The van der Waals surface area contributed by atoms with E-state index in [1.165, 1.54) is 57.4 Å². The summed E-state index contributed by atoms with van der Waals surface area (Å²) in [5.41, 5.74) is 2.87. The molecule has 1 saturated heterocycles. The number of anilines is 1. The summed E-state index contributed by atoms with van der Waals surface area (Å²) >= 11 is 2.08. The van der Waals surface area contributed by atoms with E-state index in [2.05, 4.69) is 77.1 Å². The van der Waals surface area contributed by atoms with Crippen molar-refractivity contribution in [2.75, 3.05) is 36.5 Å². The van der Waals surface area contributed by atoms with Crippen LogP contribution in [-0.4, -0.2) is 36.5 Å². The van der Waals surface area contributed by atoms with E-state index in [0.717, 1.165) is 0 Å². The average Bonchev–Trinajstić information content (AvgIpc) is 2.89. The van der Waals surface area contributed by atoms with Gasteiger partial charge in [0.15, 0.2) is 0 Å². The van der Waals surface area contributed by atoms with Crippen LogP contribution >= 0.6 is 11.8 Å². The van der Waals surface area contributed by atoms with E-state index in [4.69, 9.17) is 0 Å². The second kappa shape index (κ2) is 5.15. The zero-order valence-electron chi connectivity index (χ0n) is 13.3. The molecule has 0 aromatic heterocycles. The van der Waals surface area contributed by atoms with Crippen molar-refractivity contribution in [3.63, 3.8) is 0 Å². The first-order valence-electron chi connectivity index (χ1n) is 8.33. The molecule has 3 aromatic carbocycles. The highest BCUT2D eigenvalue weighted by molar-refractivity contribution is 7.99. The summed E-state index contributed by atoms with van der Waals surface area (Å²) in [6.45, 7) is 2.37. The van der Waals surface area contributed by atoms with Gasteiger partial charge in [-0.3, -0.25) is 4.90 Å². The maximum Gasteiger partial charge on any atom is 0.109 e. The molecule has 2 heterocycles. The highest BCUT2D eigenvalue weighted by atomic mass is 32.2. The van der Waals surface area contributed by atoms with Gasteiger partial charge >= 0.3 is 0 Å². The van der Waals surface area contributed by atoms with E-state index in [9.17, 15) is 0 Å². The molecule has 3 heteroatoms. The third kappa shape index (κ3) is 1.93. The molecule has 1 unspecified atom stereocenters. The Morgan fingerprint density at radius 3 is 2.61 bits per heavy atom. The summed E-state index contributed by atoms with van der Waals surface area (Å²) in [6, 6.07) is 18.0. The van der Waals surface area contributed by atoms with Gasteiger partial charge in [-0.2, -0.15) is 11.8 Å². The molecule has 0 bridgehead atoms. The van der Waals surface area contributed by atoms with Crippen LogP contribution in [0.25, 0.3) is 21.5 Å². The Balaban J connectivity index is 1.80. The van der Waals surface area contributed by atoms with E-state index in [1.807, 2.05) is 0 Å². The van der Waals surface area contributed by atoms with Crippen molar-refractivity contribution in [2.24, 2.45) is 0 Å². The zero-order chi connectivity index (χ0) is 15.4. The number of nitrogens with zero attached hydrogens (tertiary/aromatic N) is 2. The van der Waals surface area contributed by atoms with Gasteiger partial charge < -0.3 is 4.90 Å². The summed E-state index contributed by atoms with van der Waals surface area (Å²) in [4.78, 5) is 5.13. The molecule has 1 fully saturated rings. The fraction of sp³-hybridized carbons (Fsp3) is 0.300. The van der Waals surface area contributed by atoms with Crippen LogP contribution in [0.1, 0.15) is 11.7 Å². The van der Waals surface area contributed by atoms with Crippen molar-refractivity contribution in [3.05, 3.63) is 54.1 Å². The van der Waals surface area contributed by atoms with Crippen LogP contribution in [0.5, 0.6) is 0 Å². The van der Waals surface area contributed by atoms with Crippen molar-refractivity contribution in [2.45, 2.75) is 6.17 Å². The maximum absolute atomic E-state index is 2.65. The lowest BCUT2D eigenvalue weighted by Gasteiger charge is -2.37. The molecular weight excluding hydrogens is 300 g/mol. The second-order valence-corrected chi connectivity index (χ2v) is 7.74. The Morgan fingerprint density at radius 1 is 0.957 bits per heavy atom. The highest BCUT2D eigenvalue weighted by Gasteiger charge is 2.34. The van der Waals surface area contributed by atoms with Crippen molar-refractivity contribution in [3.8, 4) is 0 Å². The van der Waals surface area contributed by atoms with Crippen LogP contribution in [-0.2, 0) is 0 Å². The SMILES string of the molecule is CN1c2cccc3c2c(cc2ccccc23)C1N1CCSCC1. The summed E-state index contributed by atoms with van der Waals surface area (Å²) in [6.07, 6.45) is 0.389. The van der Waals surface area contributed by atoms with Crippen molar-refractivity contribution in [1.29, 1.82) is 0 Å². The van der Waals surface area contributed by atoms with Gasteiger partial charge in [0.25, 0.3) is 0 Å². The lowest BCUT2D eigenvalue weighted by Crippen LogP contribution is -2.42. The van der Waals surface area contributed by atoms with E-state index in [1.54, 1.807) is 0 Å². The molecule has 2 aliphatic rings. The first-order chi connectivity index (χ1) is 11.3. The van der Waals surface area contributed by atoms with Crippen LogP contribution in [0, 0.1) is 0 Å². The van der Waals surface area contributed by atoms with E-state index < -0.39 is 0 Å². The third-order valence-electron chi connectivity index (χ3n) is 5.31. The van der Waals surface area contributed by atoms with Gasteiger partial charge in [0.2, 0.25) is 0 Å². The lowest BCUT2D eigenvalue weighted by molar-refractivity contribution is 0.221. The molecule has 0 aliphatic carbocycles. The monoisotopic (exact) mass is 320 g/mol. The quantitative estimate of drug-likeness (QED) is 0.610. The Hall–Kier alpha value is -1.71. The molecular formula is C20H20N2S. The predicted octanol–water partition coefficient (Wildman–Crippen LogP) is 4.49. The van der Waals surface area contributed by atoms with Gasteiger partial charge in [-0.1, -0.05) is 36.4 Å². The van der Waals surface area contributed by atoms with Gasteiger partial charge in [0, 0.05) is 42.7 Å². The summed E-state index contributed by atoms with van der Waals surface area (Å²) in [7, 11) is 2.26. The van der Waals surface area contributed by atoms with E-state index in [-0.39, 0.29) is 0 Å². The van der Waals surface area contributed by atoms with Crippen LogP contribution in [0.3, 0.4) is 0 Å². The molecule has 0 amide bonds. The molecule has 0 saturated carbocycles. The van der Waals surface area contributed by atoms with Crippen LogP contribution in [0.2, 0.25) is 0 Å². The highest BCUT2D eigenvalue weighted by Crippen LogP contribution is 2.47. The molecule has 1 atom stereocenters. The van der Waals surface area contributed by atoms with Crippen molar-refractivity contribution >= 4 is 39.0 Å². The molecule has 23 heavy (non-hydrogen) atoms. The van der Waals surface area contributed by atoms with Crippen LogP contribution in [0.4, 0.5) is 5.69 Å². The minimum atomic E-state index is 0.389. The number of benzene rings is 3. The average molecular weight is 320 g/mol. The largest absolute Gasteiger partial charge is 0.354 e. The normalized spacial score (nSPS) is 21.4. The Bertz CT molecular complexity index is 899. The fourth-order valence-corrected chi connectivity index (χ4v) is 5.21. The Kier molecular flexibility index (Phi) is 3.07. The molecule has 2 aliphatic heterocycles. The van der Waals surface area contributed by atoms with Gasteiger partial charge in [0.1, 0.15) is 6.17 Å². The number of hydrogen-bond donors (Lipinski definition) is 0. The minimum Gasteiger partial charge on any atom is -0.354 e. The maximum atomic E-state index is 2.65. The predicted molar refractivity (Wildman–Crippen MR) is 101 cm³/mol. The number of fused-ring (bicyclic) bond motifs is 2.